The van der Waals surface area contributed by atoms with Crippen molar-refractivity contribution in [2.75, 3.05) is 19.0 Å². The minimum atomic E-state index is -0.339. The van der Waals surface area contributed by atoms with Crippen LogP contribution in [0.3, 0.4) is 0 Å². The molecule has 1 unspecified atom stereocenters. The van der Waals surface area contributed by atoms with Crippen molar-refractivity contribution in [3.63, 3.8) is 0 Å². The van der Waals surface area contributed by atoms with Crippen LogP contribution in [0.5, 0.6) is 5.75 Å². The first-order chi connectivity index (χ1) is 11.6. The minimum Gasteiger partial charge on any atom is -0.497 e. The summed E-state index contributed by atoms with van der Waals surface area (Å²) >= 11 is 0. The molecule has 124 valence electrons. The number of hydrogen-bond donors (Lipinski definition) is 2. The van der Waals surface area contributed by atoms with Gasteiger partial charge in [-0.05, 0) is 48.9 Å². The first-order valence-corrected chi connectivity index (χ1v) is 7.69. The van der Waals surface area contributed by atoms with Gasteiger partial charge < -0.3 is 15.2 Å². The molecule has 1 atom stereocenters. The van der Waals surface area contributed by atoms with E-state index in [4.69, 9.17) is 4.74 Å². The lowest BCUT2D eigenvalue weighted by molar-refractivity contribution is 0.276. The quantitative estimate of drug-likeness (QED) is 0.748. The first-order valence-electron chi connectivity index (χ1n) is 7.69. The third-order valence-corrected chi connectivity index (χ3v) is 3.91. The van der Waals surface area contributed by atoms with Gasteiger partial charge in [-0.2, -0.15) is 0 Å². The molecule has 0 fully saturated rings. The standard InChI is InChI=1S/C19H19FN2O2/c1-12-8-18(16-10-14(20)6-7-17(16)21-12)22-19(11-23)13-4-3-5-15(9-13)24-2/h3-10,19,23H,11H2,1-2H3,(H,21,22). The number of aryl methyl sites for hydroxylation is 1. The third-order valence-electron chi connectivity index (χ3n) is 3.91. The van der Waals surface area contributed by atoms with Crippen LogP contribution < -0.4 is 10.1 Å². The molecule has 2 aromatic carbocycles. The molecule has 1 heterocycles. The van der Waals surface area contributed by atoms with Crippen LogP contribution in [0.1, 0.15) is 17.3 Å². The Morgan fingerprint density at radius 3 is 2.79 bits per heavy atom. The summed E-state index contributed by atoms with van der Waals surface area (Å²) in [5, 5.41) is 13.8. The third kappa shape index (κ3) is 3.31. The van der Waals surface area contributed by atoms with Crippen LogP contribution in [0, 0.1) is 12.7 Å². The fourth-order valence-electron chi connectivity index (χ4n) is 2.73. The summed E-state index contributed by atoms with van der Waals surface area (Å²) < 4.78 is 18.9. The summed E-state index contributed by atoms with van der Waals surface area (Å²) in [6, 6.07) is 13.5. The number of aliphatic hydroxyl groups excluding tert-OH is 1. The Balaban J connectivity index is 2.01. The number of methoxy groups -OCH3 is 1. The number of nitrogens with zero attached hydrogens (tertiary/aromatic N) is 1. The fourth-order valence-corrected chi connectivity index (χ4v) is 2.73. The van der Waals surface area contributed by atoms with E-state index in [1.165, 1.54) is 12.1 Å². The number of fused-ring (bicyclic) bond motifs is 1. The molecule has 5 heteroatoms. The summed E-state index contributed by atoms with van der Waals surface area (Å²) in [6.07, 6.45) is 0. The molecular formula is C19H19FN2O2. The van der Waals surface area contributed by atoms with Crippen LogP contribution in [0.25, 0.3) is 10.9 Å². The fraction of sp³-hybridized carbons (Fsp3) is 0.211. The molecule has 0 amide bonds. The summed E-state index contributed by atoms with van der Waals surface area (Å²) in [5.41, 5.74) is 3.15. The van der Waals surface area contributed by atoms with Crippen molar-refractivity contribution in [2.45, 2.75) is 13.0 Å². The number of aliphatic hydroxyl groups is 1. The summed E-state index contributed by atoms with van der Waals surface area (Å²) in [4.78, 5) is 4.42. The van der Waals surface area contributed by atoms with E-state index in [0.29, 0.717) is 10.9 Å². The Labute approximate surface area is 139 Å². The van der Waals surface area contributed by atoms with E-state index < -0.39 is 0 Å². The zero-order valence-electron chi connectivity index (χ0n) is 13.6. The van der Waals surface area contributed by atoms with Crippen LogP contribution in [-0.2, 0) is 0 Å². The molecule has 2 N–H and O–H groups in total. The van der Waals surface area contributed by atoms with E-state index in [-0.39, 0.29) is 18.5 Å². The van der Waals surface area contributed by atoms with Gasteiger partial charge >= 0.3 is 0 Å². The Bertz CT molecular complexity index is 867. The first kappa shape index (κ1) is 16.2. The van der Waals surface area contributed by atoms with Gasteiger partial charge in [-0.1, -0.05) is 12.1 Å². The van der Waals surface area contributed by atoms with E-state index in [2.05, 4.69) is 10.3 Å². The molecule has 3 aromatic rings. The molecule has 24 heavy (non-hydrogen) atoms. The SMILES string of the molecule is COc1cccc(C(CO)Nc2cc(C)nc3ccc(F)cc23)c1. The Morgan fingerprint density at radius 2 is 2.04 bits per heavy atom. The number of benzene rings is 2. The number of rotatable bonds is 5. The van der Waals surface area contributed by atoms with Crippen molar-refractivity contribution in [3.8, 4) is 5.75 Å². The normalized spacial score (nSPS) is 12.2. The van der Waals surface area contributed by atoms with Crippen molar-refractivity contribution in [3.05, 3.63) is 65.6 Å². The number of pyridine rings is 1. The van der Waals surface area contributed by atoms with Gasteiger partial charge in [0.05, 0.1) is 25.3 Å². The second-order valence-electron chi connectivity index (χ2n) is 5.63. The van der Waals surface area contributed by atoms with Gasteiger partial charge in [0.15, 0.2) is 0 Å². The zero-order valence-corrected chi connectivity index (χ0v) is 13.6. The number of aromatic nitrogens is 1. The number of anilines is 1. The molecule has 0 bridgehead atoms. The minimum absolute atomic E-state index is 0.106. The number of nitrogens with one attached hydrogen (secondary N) is 1. The van der Waals surface area contributed by atoms with Crippen LogP contribution in [0.2, 0.25) is 0 Å². The molecule has 3 rings (SSSR count). The van der Waals surface area contributed by atoms with Gasteiger partial charge in [-0.15, -0.1) is 0 Å². The Hall–Kier alpha value is -2.66. The van der Waals surface area contributed by atoms with E-state index in [0.717, 1.165) is 22.7 Å². The average molecular weight is 326 g/mol. The highest BCUT2D eigenvalue weighted by molar-refractivity contribution is 5.91. The average Bonchev–Trinajstić information content (AvgIpc) is 2.60. The van der Waals surface area contributed by atoms with Crippen molar-refractivity contribution < 1.29 is 14.2 Å². The maximum absolute atomic E-state index is 13.6. The molecule has 0 aliphatic rings. The van der Waals surface area contributed by atoms with Crippen LogP contribution in [0.4, 0.5) is 10.1 Å². The predicted octanol–water partition coefficient (Wildman–Crippen LogP) is 3.84. The van der Waals surface area contributed by atoms with E-state index in [1.807, 2.05) is 37.3 Å². The van der Waals surface area contributed by atoms with E-state index in [1.54, 1.807) is 13.2 Å². The highest BCUT2D eigenvalue weighted by Gasteiger charge is 2.14. The molecule has 0 spiro atoms. The summed E-state index contributed by atoms with van der Waals surface area (Å²) in [6.45, 7) is 1.78. The van der Waals surface area contributed by atoms with E-state index in [9.17, 15) is 9.50 Å². The monoisotopic (exact) mass is 326 g/mol. The second-order valence-corrected chi connectivity index (χ2v) is 5.63. The van der Waals surface area contributed by atoms with Crippen molar-refractivity contribution >= 4 is 16.6 Å². The molecule has 0 radical (unpaired) electrons. The summed E-state index contributed by atoms with van der Waals surface area (Å²) in [7, 11) is 1.60. The molecule has 1 aromatic heterocycles. The largest absolute Gasteiger partial charge is 0.497 e. The number of hydrogen-bond acceptors (Lipinski definition) is 4. The summed E-state index contributed by atoms with van der Waals surface area (Å²) in [5.74, 6) is 0.396. The van der Waals surface area contributed by atoms with Gasteiger partial charge in [0.1, 0.15) is 11.6 Å². The van der Waals surface area contributed by atoms with Crippen molar-refractivity contribution in [2.24, 2.45) is 0 Å². The van der Waals surface area contributed by atoms with Gasteiger partial charge in [-0.3, -0.25) is 4.98 Å². The molecule has 0 aliphatic heterocycles. The molecular weight excluding hydrogens is 307 g/mol. The molecule has 0 saturated carbocycles. The van der Waals surface area contributed by atoms with Gasteiger partial charge in [0.25, 0.3) is 0 Å². The second kappa shape index (κ2) is 6.84. The van der Waals surface area contributed by atoms with Gasteiger partial charge in [0, 0.05) is 16.8 Å². The highest BCUT2D eigenvalue weighted by Crippen LogP contribution is 2.29. The number of halogens is 1. The topological polar surface area (TPSA) is 54.4 Å². The maximum Gasteiger partial charge on any atom is 0.124 e. The zero-order chi connectivity index (χ0) is 17.1. The predicted molar refractivity (Wildman–Crippen MR) is 92.9 cm³/mol. The molecule has 4 nitrogen and oxygen atoms in total. The molecule has 0 aliphatic carbocycles. The van der Waals surface area contributed by atoms with Crippen LogP contribution in [0.15, 0.2) is 48.5 Å². The lowest BCUT2D eigenvalue weighted by Crippen LogP contribution is -2.15. The number of ether oxygens (including phenoxy) is 1. The maximum atomic E-state index is 13.6. The van der Waals surface area contributed by atoms with Gasteiger partial charge in [-0.25, -0.2) is 4.39 Å². The van der Waals surface area contributed by atoms with Crippen LogP contribution in [-0.4, -0.2) is 23.8 Å². The lowest BCUT2D eigenvalue weighted by Gasteiger charge is -2.20. The highest BCUT2D eigenvalue weighted by atomic mass is 19.1. The smallest absolute Gasteiger partial charge is 0.124 e. The Kier molecular flexibility index (Phi) is 4.62. The van der Waals surface area contributed by atoms with Crippen molar-refractivity contribution in [1.82, 2.24) is 4.98 Å². The van der Waals surface area contributed by atoms with Crippen LogP contribution >= 0.6 is 0 Å². The van der Waals surface area contributed by atoms with Gasteiger partial charge in [0.2, 0.25) is 0 Å². The van der Waals surface area contributed by atoms with E-state index >= 15 is 0 Å². The lowest BCUT2D eigenvalue weighted by atomic mass is 10.1. The van der Waals surface area contributed by atoms with Crippen molar-refractivity contribution in [1.29, 1.82) is 0 Å². The molecule has 0 saturated heterocycles. The Morgan fingerprint density at radius 1 is 1.21 bits per heavy atom.